The van der Waals surface area contributed by atoms with Crippen LogP contribution in [0.1, 0.15) is 16.2 Å². The Hall–Kier alpha value is -1.11. The van der Waals surface area contributed by atoms with Gasteiger partial charge >= 0.3 is 6.03 Å². The molecule has 1 aromatic heterocycles. The van der Waals surface area contributed by atoms with Crippen molar-refractivity contribution in [2.75, 3.05) is 20.3 Å². The van der Waals surface area contributed by atoms with E-state index in [-0.39, 0.29) is 12.6 Å². The third-order valence-corrected chi connectivity index (χ3v) is 3.34. The fraction of sp³-hybridized carbons (Fsp3) is 0.583. The summed E-state index contributed by atoms with van der Waals surface area (Å²) in [6.45, 7) is 3.29. The van der Waals surface area contributed by atoms with Gasteiger partial charge in [-0.25, -0.2) is 4.79 Å². The summed E-state index contributed by atoms with van der Waals surface area (Å²) in [6.07, 6.45) is -0.0467. The van der Waals surface area contributed by atoms with Crippen molar-refractivity contribution in [2.45, 2.75) is 26.0 Å². The summed E-state index contributed by atoms with van der Waals surface area (Å²) in [5.74, 6) is 0. The second-order valence-electron chi connectivity index (χ2n) is 4.02. The van der Waals surface area contributed by atoms with E-state index in [1.165, 1.54) is 12.0 Å². The molecule has 0 spiro atoms. The van der Waals surface area contributed by atoms with Gasteiger partial charge in [-0.05, 0) is 25.5 Å². The SMILES string of the molecule is COCC(O)CCNC(=O)NCc1ccc(C)s1. The van der Waals surface area contributed by atoms with E-state index in [1.54, 1.807) is 11.3 Å². The van der Waals surface area contributed by atoms with Gasteiger partial charge in [-0.15, -0.1) is 11.3 Å². The number of hydrogen-bond acceptors (Lipinski definition) is 4. The van der Waals surface area contributed by atoms with Crippen LogP contribution >= 0.6 is 11.3 Å². The molecule has 0 fully saturated rings. The number of hydrogen-bond donors (Lipinski definition) is 3. The maximum atomic E-state index is 11.4. The van der Waals surface area contributed by atoms with Crippen LogP contribution in [-0.2, 0) is 11.3 Å². The number of amides is 2. The molecule has 0 aliphatic carbocycles. The van der Waals surface area contributed by atoms with E-state index in [9.17, 15) is 9.90 Å². The van der Waals surface area contributed by atoms with Crippen molar-refractivity contribution in [3.8, 4) is 0 Å². The molecule has 1 unspecified atom stereocenters. The Morgan fingerprint density at radius 2 is 2.28 bits per heavy atom. The quantitative estimate of drug-likeness (QED) is 0.699. The molecule has 1 atom stereocenters. The van der Waals surface area contributed by atoms with Gasteiger partial charge in [0.2, 0.25) is 0 Å². The number of aryl methyl sites for hydroxylation is 1. The van der Waals surface area contributed by atoms with Gasteiger partial charge in [0.15, 0.2) is 0 Å². The highest BCUT2D eigenvalue weighted by Gasteiger charge is 2.05. The minimum atomic E-state index is -0.532. The lowest BCUT2D eigenvalue weighted by molar-refractivity contribution is 0.0598. The van der Waals surface area contributed by atoms with Crippen molar-refractivity contribution >= 4 is 17.4 Å². The monoisotopic (exact) mass is 272 g/mol. The summed E-state index contributed by atoms with van der Waals surface area (Å²) in [5, 5.41) is 14.8. The maximum absolute atomic E-state index is 11.4. The Kier molecular flexibility index (Phi) is 6.70. The number of nitrogens with one attached hydrogen (secondary N) is 2. The number of methoxy groups -OCH3 is 1. The summed E-state index contributed by atoms with van der Waals surface area (Å²) in [6, 6.07) is 3.81. The minimum absolute atomic E-state index is 0.217. The van der Waals surface area contributed by atoms with Crippen molar-refractivity contribution in [3.05, 3.63) is 21.9 Å². The Morgan fingerprint density at radius 1 is 1.50 bits per heavy atom. The van der Waals surface area contributed by atoms with Gasteiger partial charge in [-0.1, -0.05) is 0 Å². The first kappa shape index (κ1) is 14.9. The molecule has 18 heavy (non-hydrogen) atoms. The van der Waals surface area contributed by atoms with Gasteiger partial charge in [-0.3, -0.25) is 0 Å². The molecule has 0 aliphatic heterocycles. The zero-order valence-electron chi connectivity index (χ0n) is 10.7. The lowest BCUT2D eigenvalue weighted by atomic mass is 10.3. The van der Waals surface area contributed by atoms with Crippen molar-refractivity contribution in [3.63, 3.8) is 0 Å². The molecule has 1 rings (SSSR count). The Morgan fingerprint density at radius 3 is 2.89 bits per heavy atom. The number of thiophene rings is 1. The third-order valence-electron chi connectivity index (χ3n) is 2.34. The fourth-order valence-electron chi connectivity index (χ4n) is 1.44. The molecule has 5 nitrogen and oxygen atoms in total. The maximum Gasteiger partial charge on any atom is 0.315 e. The number of rotatable bonds is 7. The zero-order valence-corrected chi connectivity index (χ0v) is 11.5. The zero-order chi connectivity index (χ0) is 13.4. The summed E-state index contributed by atoms with van der Waals surface area (Å²) < 4.78 is 4.79. The van der Waals surface area contributed by atoms with Crippen LogP contribution < -0.4 is 10.6 Å². The number of carbonyl (C=O) groups excluding carboxylic acids is 1. The highest BCUT2D eigenvalue weighted by atomic mass is 32.1. The molecule has 0 saturated heterocycles. The number of urea groups is 1. The minimum Gasteiger partial charge on any atom is -0.391 e. The molecule has 0 aromatic carbocycles. The highest BCUT2D eigenvalue weighted by Crippen LogP contribution is 2.14. The van der Waals surface area contributed by atoms with Crippen LogP contribution in [0.25, 0.3) is 0 Å². The van der Waals surface area contributed by atoms with Crippen LogP contribution in [-0.4, -0.2) is 37.5 Å². The molecule has 2 amide bonds. The average Bonchev–Trinajstić information content (AvgIpc) is 2.73. The number of carbonyl (C=O) groups is 1. The smallest absolute Gasteiger partial charge is 0.315 e. The standard InChI is InChI=1S/C12H20N2O3S/c1-9-3-4-11(18-9)7-14-12(16)13-6-5-10(15)8-17-2/h3-4,10,15H,5-8H2,1-2H3,(H2,13,14,16). The van der Waals surface area contributed by atoms with Gasteiger partial charge in [-0.2, -0.15) is 0 Å². The van der Waals surface area contributed by atoms with Gasteiger partial charge in [0.05, 0.1) is 19.3 Å². The highest BCUT2D eigenvalue weighted by molar-refractivity contribution is 7.11. The Bertz CT molecular complexity index is 368. The molecule has 1 aromatic rings. The summed E-state index contributed by atoms with van der Waals surface area (Å²) in [4.78, 5) is 13.8. The van der Waals surface area contributed by atoms with E-state index in [0.29, 0.717) is 19.5 Å². The Balaban J connectivity index is 2.10. The first-order valence-corrected chi connectivity index (χ1v) is 6.67. The average molecular weight is 272 g/mol. The third kappa shape index (κ3) is 6.00. The molecule has 0 radical (unpaired) electrons. The fourth-order valence-corrected chi connectivity index (χ4v) is 2.27. The van der Waals surface area contributed by atoms with Crippen LogP contribution in [0.3, 0.4) is 0 Å². The second kappa shape index (κ2) is 8.07. The molecule has 0 aliphatic rings. The Labute approximate surface area is 111 Å². The largest absolute Gasteiger partial charge is 0.391 e. The first-order valence-electron chi connectivity index (χ1n) is 5.86. The van der Waals surface area contributed by atoms with Gasteiger partial charge < -0.3 is 20.5 Å². The molecule has 1 heterocycles. The molecule has 6 heteroatoms. The normalized spacial score (nSPS) is 12.2. The van der Waals surface area contributed by atoms with E-state index < -0.39 is 6.10 Å². The van der Waals surface area contributed by atoms with E-state index in [4.69, 9.17) is 4.74 Å². The molecule has 3 N–H and O–H groups in total. The summed E-state index contributed by atoms with van der Waals surface area (Å²) >= 11 is 1.67. The van der Waals surface area contributed by atoms with Gasteiger partial charge in [0, 0.05) is 23.4 Å². The number of ether oxygens (including phenoxy) is 1. The van der Waals surface area contributed by atoms with E-state index in [2.05, 4.69) is 10.6 Å². The molecular formula is C12H20N2O3S. The van der Waals surface area contributed by atoms with Crippen molar-refractivity contribution in [2.24, 2.45) is 0 Å². The summed E-state index contributed by atoms with van der Waals surface area (Å²) in [7, 11) is 1.53. The van der Waals surface area contributed by atoms with Crippen LogP contribution in [0.15, 0.2) is 12.1 Å². The van der Waals surface area contributed by atoms with Gasteiger partial charge in [0.25, 0.3) is 0 Å². The molecular weight excluding hydrogens is 252 g/mol. The van der Waals surface area contributed by atoms with Crippen LogP contribution in [0, 0.1) is 6.92 Å². The first-order chi connectivity index (χ1) is 8.61. The molecule has 102 valence electrons. The van der Waals surface area contributed by atoms with Gasteiger partial charge in [0.1, 0.15) is 0 Å². The predicted molar refractivity (Wildman–Crippen MR) is 71.8 cm³/mol. The van der Waals surface area contributed by atoms with Crippen molar-refractivity contribution < 1.29 is 14.6 Å². The lowest BCUT2D eigenvalue weighted by Crippen LogP contribution is -2.36. The van der Waals surface area contributed by atoms with Crippen molar-refractivity contribution in [1.29, 1.82) is 0 Å². The van der Waals surface area contributed by atoms with E-state index in [1.807, 2.05) is 19.1 Å². The van der Waals surface area contributed by atoms with Crippen LogP contribution in [0.2, 0.25) is 0 Å². The second-order valence-corrected chi connectivity index (χ2v) is 5.39. The molecule has 0 bridgehead atoms. The van der Waals surface area contributed by atoms with Crippen molar-refractivity contribution in [1.82, 2.24) is 10.6 Å². The number of aliphatic hydroxyl groups excluding tert-OH is 1. The number of aliphatic hydroxyl groups is 1. The molecule has 0 saturated carbocycles. The van der Waals surface area contributed by atoms with E-state index >= 15 is 0 Å². The lowest BCUT2D eigenvalue weighted by Gasteiger charge is -2.10. The summed E-state index contributed by atoms with van der Waals surface area (Å²) in [5.41, 5.74) is 0. The van der Waals surface area contributed by atoms with E-state index in [0.717, 1.165) is 4.88 Å². The van der Waals surface area contributed by atoms with Crippen LogP contribution in [0.4, 0.5) is 4.79 Å². The van der Waals surface area contributed by atoms with Crippen LogP contribution in [0.5, 0.6) is 0 Å². The topological polar surface area (TPSA) is 70.6 Å². The predicted octanol–water partition coefficient (Wildman–Crippen LogP) is 1.25.